The van der Waals surface area contributed by atoms with Gasteiger partial charge in [0, 0.05) is 10.6 Å². The Bertz CT molecular complexity index is 1120. The van der Waals surface area contributed by atoms with Gasteiger partial charge in [-0.15, -0.1) is 0 Å². The second-order valence-corrected chi connectivity index (χ2v) is 6.90. The standard InChI is InChI=1S/C21H15Cl2N3O2/c22-13-9-10-19(15(23)11-13)28-12-20(27)24-16-6-2-1-5-14(16)21-25-17-7-3-4-8-18(17)26-21/h1-11H,12H2,(H,24,27)(H,25,26). The van der Waals surface area contributed by atoms with Crippen molar-refractivity contribution in [1.29, 1.82) is 0 Å². The first-order chi connectivity index (χ1) is 13.6. The molecule has 0 aliphatic carbocycles. The van der Waals surface area contributed by atoms with Crippen LogP contribution in [0.4, 0.5) is 5.69 Å². The number of aromatic amines is 1. The molecule has 0 aliphatic rings. The van der Waals surface area contributed by atoms with E-state index < -0.39 is 0 Å². The Morgan fingerprint density at radius 1 is 1.04 bits per heavy atom. The summed E-state index contributed by atoms with van der Waals surface area (Å²) in [6.45, 7) is -0.185. The highest BCUT2D eigenvalue weighted by molar-refractivity contribution is 6.35. The number of H-pyrrole nitrogens is 1. The van der Waals surface area contributed by atoms with Crippen LogP contribution in [-0.2, 0) is 4.79 Å². The van der Waals surface area contributed by atoms with Crippen molar-refractivity contribution in [3.05, 3.63) is 76.8 Å². The van der Waals surface area contributed by atoms with E-state index in [2.05, 4.69) is 15.3 Å². The zero-order valence-corrected chi connectivity index (χ0v) is 16.1. The number of halogens is 2. The van der Waals surface area contributed by atoms with Crippen LogP contribution >= 0.6 is 23.2 Å². The third-order valence-corrected chi connectivity index (χ3v) is 4.63. The van der Waals surface area contributed by atoms with Crippen LogP contribution in [-0.4, -0.2) is 22.5 Å². The molecule has 140 valence electrons. The summed E-state index contributed by atoms with van der Waals surface area (Å²) in [5.41, 5.74) is 3.22. The molecule has 0 fully saturated rings. The molecule has 3 aromatic carbocycles. The van der Waals surface area contributed by atoms with Crippen molar-refractivity contribution in [2.24, 2.45) is 0 Å². The molecule has 0 saturated carbocycles. The Labute approximate surface area is 171 Å². The van der Waals surface area contributed by atoms with E-state index in [0.717, 1.165) is 16.6 Å². The zero-order chi connectivity index (χ0) is 19.5. The first-order valence-electron chi connectivity index (χ1n) is 8.52. The molecule has 0 spiro atoms. The van der Waals surface area contributed by atoms with Crippen LogP contribution in [0.25, 0.3) is 22.4 Å². The van der Waals surface area contributed by atoms with E-state index >= 15 is 0 Å². The summed E-state index contributed by atoms with van der Waals surface area (Å²) in [5.74, 6) is 0.764. The Balaban J connectivity index is 1.51. The van der Waals surface area contributed by atoms with Crippen molar-refractivity contribution in [2.75, 3.05) is 11.9 Å². The van der Waals surface area contributed by atoms with Crippen LogP contribution in [0, 0.1) is 0 Å². The number of amides is 1. The lowest BCUT2D eigenvalue weighted by Crippen LogP contribution is -2.20. The van der Waals surface area contributed by atoms with Crippen LogP contribution < -0.4 is 10.1 Å². The van der Waals surface area contributed by atoms with Crippen LogP contribution in [0.15, 0.2) is 66.7 Å². The van der Waals surface area contributed by atoms with Gasteiger partial charge in [0.2, 0.25) is 0 Å². The number of nitrogens with zero attached hydrogens (tertiary/aromatic N) is 1. The highest BCUT2D eigenvalue weighted by Crippen LogP contribution is 2.29. The molecular formula is C21H15Cl2N3O2. The van der Waals surface area contributed by atoms with Gasteiger partial charge in [-0.1, -0.05) is 47.5 Å². The van der Waals surface area contributed by atoms with E-state index in [4.69, 9.17) is 27.9 Å². The second kappa shape index (κ2) is 7.92. The number of carbonyl (C=O) groups excluding carboxylic acids is 1. The Hall–Kier alpha value is -3.02. The van der Waals surface area contributed by atoms with E-state index in [1.54, 1.807) is 18.2 Å². The lowest BCUT2D eigenvalue weighted by atomic mass is 10.1. The quantitative estimate of drug-likeness (QED) is 0.451. The lowest BCUT2D eigenvalue weighted by molar-refractivity contribution is -0.118. The lowest BCUT2D eigenvalue weighted by Gasteiger charge is -2.11. The second-order valence-electron chi connectivity index (χ2n) is 6.06. The summed E-state index contributed by atoms with van der Waals surface area (Å²) >= 11 is 11.9. The molecule has 1 aromatic heterocycles. The number of nitrogens with one attached hydrogen (secondary N) is 2. The van der Waals surface area contributed by atoms with Crippen molar-refractivity contribution in [3.8, 4) is 17.1 Å². The first kappa shape index (κ1) is 18.3. The van der Waals surface area contributed by atoms with Gasteiger partial charge in [-0.3, -0.25) is 4.79 Å². The maximum atomic E-state index is 12.4. The van der Waals surface area contributed by atoms with Gasteiger partial charge in [0.25, 0.3) is 5.91 Å². The van der Waals surface area contributed by atoms with Crippen LogP contribution in [0.1, 0.15) is 0 Å². The molecule has 28 heavy (non-hydrogen) atoms. The van der Waals surface area contributed by atoms with E-state index in [-0.39, 0.29) is 12.5 Å². The number of benzene rings is 3. The summed E-state index contributed by atoms with van der Waals surface area (Å²) < 4.78 is 5.49. The van der Waals surface area contributed by atoms with Crippen LogP contribution in [0.2, 0.25) is 10.0 Å². The zero-order valence-electron chi connectivity index (χ0n) is 14.6. The third kappa shape index (κ3) is 3.96. The number of carbonyl (C=O) groups is 1. The van der Waals surface area contributed by atoms with Gasteiger partial charge in [-0.25, -0.2) is 4.98 Å². The van der Waals surface area contributed by atoms with Crippen molar-refractivity contribution < 1.29 is 9.53 Å². The van der Waals surface area contributed by atoms with Crippen LogP contribution in [0.5, 0.6) is 5.75 Å². The topological polar surface area (TPSA) is 67.0 Å². The van der Waals surface area contributed by atoms with E-state index in [0.29, 0.717) is 27.3 Å². The fraction of sp³-hybridized carbons (Fsp3) is 0.0476. The highest BCUT2D eigenvalue weighted by atomic mass is 35.5. The van der Waals surface area contributed by atoms with Crippen molar-refractivity contribution in [1.82, 2.24) is 9.97 Å². The maximum Gasteiger partial charge on any atom is 0.262 e. The number of anilines is 1. The predicted molar refractivity (Wildman–Crippen MR) is 112 cm³/mol. The van der Waals surface area contributed by atoms with Gasteiger partial charge < -0.3 is 15.0 Å². The Morgan fingerprint density at radius 2 is 1.82 bits per heavy atom. The van der Waals surface area contributed by atoms with Crippen LogP contribution in [0.3, 0.4) is 0 Å². The number of hydrogen-bond donors (Lipinski definition) is 2. The molecule has 7 heteroatoms. The number of imidazole rings is 1. The van der Waals surface area contributed by atoms with E-state index in [1.165, 1.54) is 0 Å². The summed E-state index contributed by atoms with van der Waals surface area (Å²) in [6.07, 6.45) is 0. The smallest absolute Gasteiger partial charge is 0.262 e. The number of aromatic nitrogens is 2. The molecule has 2 N–H and O–H groups in total. The number of hydrogen-bond acceptors (Lipinski definition) is 3. The SMILES string of the molecule is O=C(COc1ccc(Cl)cc1Cl)Nc1ccccc1-c1nc2ccccc2[nH]1. The molecule has 0 bridgehead atoms. The summed E-state index contributed by atoms with van der Waals surface area (Å²) in [4.78, 5) is 20.3. The predicted octanol–water partition coefficient (Wildman–Crippen LogP) is 5.55. The largest absolute Gasteiger partial charge is 0.482 e. The van der Waals surface area contributed by atoms with Gasteiger partial charge in [0.1, 0.15) is 11.6 Å². The fourth-order valence-corrected chi connectivity index (χ4v) is 3.26. The maximum absolute atomic E-state index is 12.4. The van der Waals surface area contributed by atoms with Crippen molar-refractivity contribution in [3.63, 3.8) is 0 Å². The fourth-order valence-electron chi connectivity index (χ4n) is 2.80. The highest BCUT2D eigenvalue weighted by Gasteiger charge is 2.13. The summed E-state index contributed by atoms with van der Waals surface area (Å²) in [6, 6.07) is 20.0. The third-order valence-electron chi connectivity index (χ3n) is 4.10. The minimum atomic E-state index is -0.311. The molecule has 0 saturated heterocycles. The molecule has 4 aromatic rings. The van der Waals surface area contributed by atoms with Gasteiger partial charge in [-0.05, 0) is 42.5 Å². The molecule has 1 heterocycles. The molecule has 0 atom stereocenters. The molecule has 0 aliphatic heterocycles. The number of rotatable bonds is 5. The minimum absolute atomic E-state index is 0.185. The van der Waals surface area contributed by atoms with Crippen molar-refractivity contribution >= 4 is 45.8 Å². The van der Waals surface area contributed by atoms with Crippen molar-refractivity contribution in [2.45, 2.75) is 0 Å². The van der Waals surface area contributed by atoms with E-state index in [1.807, 2.05) is 48.5 Å². The van der Waals surface area contributed by atoms with Gasteiger partial charge in [0.15, 0.2) is 6.61 Å². The average molecular weight is 412 g/mol. The Morgan fingerprint density at radius 3 is 2.64 bits per heavy atom. The number of ether oxygens (including phenoxy) is 1. The summed E-state index contributed by atoms with van der Waals surface area (Å²) in [5, 5.41) is 3.71. The van der Waals surface area contributed by atoms with E-state index in [9.17, 15) is 4.79 Å². The normalized spacial score (nSPS) is 10.8. The first-order valence-corrected chi connectivity index (χ1v) is 9.27. The minimum Gasteiger partial charge on any atom is -0.482 e. The average Bonchev–Trinajstić information content (AvgIpc) is 3.12. The molecule has 5 nitrogen and oxygen atoms in total. The van der Waals surface area contributed by atoms with Gasteiger partial charge >= 0.3 is 0 Å². The van der Waals surface area contributed by atoms with Gasteiger partial charge in [-0.2, -0.15) is 0 Å². The summed E-state index contributed by atoms with van der Waals surface area (Å²) in [7, 11) is 0. The van der Waals surface area contributed by atoms with Gasteiger partial charge in [0.05, 0.1) is 21.7 Å². The number of para-hydroxylation sites is 3. The Kier molecular flexibility index (Phi) is 5.19. The molecule has 1 amide bonds. The molecule has 4 rings (SSSR count). The molecule has 0 radical (unpaired) electrons. The molecule has 0 unspecified atom stereocenters. The monoisotopic (exact) mass is 411 g/mol. The number of fused-ring (bicyclic) bond motifs is 1. The molecular weight excluding hydrogens is 397 g/mol.